The highest BCUT2D eigenvalue weighted by Crippen LogP contribution is 2.37. The van der Waals surface area contributed by atoms with Crippen molar-refractivity contribution in [2.45, 2.75) is 44.4 Å². The number of aliphatic hydroxyl groups is 1. The third kappa shape index (κ3) is 3.58. The molecule has 3 rings (SSSR count). The van der Waals surface area contributed by atoms with E-state index in [4.69, 9.17) is 4.43 Å². The minimum absolute atomic E-state index is 0.0154. The number of hydrogen-bond acceptors (Lipinski definition) is 3. The van der Waals surface area contributed by atoms with Crippen molar-refractivity contribution >= 4 is 18.7 Å². The monoisotopic (exact) mass is 355 g/mol. The van der Waals surface area contributed by atoms with E-state index in [-0.39, 0.29) is 17.2 Å². The molecule has 0 aromatic heterocycles. The first-order chi connectivity index (χ1) is 11.9. The molecule has 0 aliphatic carbocycles. The average Bonchev–Trinajstić information content (AvgIpc) is 3.01. The summed E-state index contributed by atoms with van der Waals surface area (Å²) in [7, 11) is -2.50. The molecule has 4 heteroatoms. The van der Waals surface area contributed by atoms with Crippen molar-refractivity contribution in [1.29, 1.82) is 0 Å². The van der Waals surface area contributed by atoms with Crippen LogP contribution in [0.4, 0.5) is 0 Å². The zero-order valence-corrected chi connectivity index (χ0v) is 16.4. The van der Waals surface area contributed by atoms with Crippen molar-refractivity contribution in [2.75, 3.05) is 13.2 Å². The average molecular weight is 356 g/mol. The van der Waals surface area contributed by atoms with Crippen molar-refractivity contribution in [1.82, 2.24) is 5.32 Å². The van der Waals surface area contributed by atoms with Crippen LogP contribution in [0.5, 0.6) is 0 Å². The summed E-state index contributed by atoms with van der Waals surface area (Å²) in [6.07, 6.45) is 0.479. The maximum Gasteiger partial charge on any atom is 0.261 e. The Kier molecular flexibility index (Phi) is 5.44. The largest absolute Gasteiger partial charge is 0.406 e. The highest BCUT2D eigenvalue weighted by atomic mass is 28.4. The number of benzene rings is 2. The fourth-order valence-electron chi connectivity index (χ4n) is 3.90. The Balaban J connectivity index is 2.05. The SMILES string of the molecule is CC(C)(C)[Si](OC[C@H]1NCC[C@@H]1O)(c1ccccc1)c1ccccc1. The van der Waals surface area contributed by atoms with Crippen molar-refractivity contribution in [3.63, 3.8) is 0 Å². The van der Waals surface area contributed by atoms with Gasteiger partial charge in [-0.3, -0.25) is 0 Å². The van der Waals surface area contributed by atoms with Gasteiger partial charge in [-0.25, -0.2) is 0 Å². The van der Waals surface area contributed by atoms with Gasteiger partial charge in [-0.2, -0.15) is 0 Å². The first-order valence-electron chi connectivity index (χ1n) is 9.11. The van der Waals surface area contributed by atoms with E-state index in [2.05, 4.69) is 86.8 Å². The van der Waals surface area contributed by atoms with E-state index < -0.39 is 8.32 Å². The normalized spacial score (nSPS) is 21.4. The Morgan fingerprint density at radius 3 is 1.92 bits per heavy atom. The summed E-state index contributed by atoms with van der Waals surface area (Å²) < 4.78 is 6.84. The van der Waals surface area contributed by atoms with Gasteiger partial charge in [0.2, 0.25) is 0 Å². The molecule has 1 heterocycles. The number of hydrogen-bond donors (Lipinski definition) is 2. The van der Waals surface area contributed by atoms with Gasteiger partial charge < -0.3 is 14.8 Å². The fourth-order valence-corrected chi connectivity index (χ4v) is 8.49. The number of aliphatic hydroxyl groups excluding tert-OH is 1. The summed E-state index contributed by atoms with van der Waals surface area (Å²) >= 11 is 0. The first kappa shape index (κ1) is 18.3. The molecule has 25 heavy (non-hydrogen) atoms. The van der Waals surface area contributed by atoms with Crippen LogP contribution in [0.25, 0.3) is 0 Å². The molecule has 2 atom stereocenters. The van der Waals surface area contributed by atoms with Crippen LogP contribution >= 0.6 is 0 Å². The molecule has 2 N–H and O–H groups in total. The maximum atomic E-state index is 10.2. The lowest BCUT2D eigenvalue weighted by atomic mass is 10.2. The Morgan fingerprint density at radius 1 is 1.00 bits per heavy atom. The molecule has 0 saturated carbocycles. The van der Waals surface area contributed by atoms with Crippen LogP contribution in [0.1, 0.15) is 27.2 Å². The van der Waals surface area contributed by atoms with Crippen molar-refractivity contribution < 1.29 is 9.53 Å². The molecule has 0 amide bonds. The minimum atomic E-state index is -2.50. The summed E-state index contributed by atoms with van der Waals surface area (Å²) in [6, 6.07) is 21.3. The Hall–Kier alpha value is -1.46. The van der Waals surface area contributed by atoms with E-state index in [0.717, 1.165) is 13.0 Å². The first-order valence-corrected chi connectivity index (χ1v) is 11.0. The molecule has 1 aliphatic rings. The molecule has 1 aliphatic heterocycles. The molecule has 3 nitrogen and oxygen atoms in total. The van der Waals surface area contributed by atoms with Crippen LogP contribution in [0.15, 0.2) is 60.7 Å². The lowest BCUT2D eigenvalue weighted by Gasteiger charge is -2.43. The molecule has 0 spiro atoms. The topological polar surface area (TPSA) is 41.5 Å². The molecule has 1 saturated heterocycles. The Morgan fingerprint density at radius 2 is 1.52 bits per heavy atom. The lowest BCUT2D eigenvalue weighted by Crippen LogP contribution is -2.67. The quantitative estimate of drug-likeness (QED) is 0.809. The summed E-state index contributed by atoms with van der Waals surface area (Å²) in [5, 5.41) is 16.1. The van der Waals surface area contributed by atoms with Gasteiger partial charge in [0.05, 0.1) is 18.8 Å². The van der Waals surface area contributed by atoms with E-state index in [0.29, 0.717) is 6.61 Å². The molecular weight excluding hydrogens is 326 g/mol. The molecule has 2 aromatic carbocycles. The second kappa shape index (κ2) is 7.42. The highest BCUT2D eigenvalue weighted by molar-refractivity contribution is 6.99. The molecule has 2 aromatic rings. The van der Waals surface area contributed by atoms with Gasteiger partial charge >= 0.3 is 0 Å². The third-order valence-electron chi connectivity index (χ3n) is 5.21. The predicted octanol–water partition coefficient (Wildman–Crippen LogP) is 2.29. The molecule has 0 radical (unpaired) electrons. The van der Waals surface area contributed by atoms with Gasteiger partial charge in [0.15, 0.2) is 0 Å². The molecular formula is C21H29NO2Si. The minimum Gasteiger partial charge on any atom is -0.406 e. The molecule has 134 valence electrons. The maximum absolute atomic E-state index is 10.2. The molecule has 0 unspecified atom stereocenters. The summed E-state index contributed by atoms with van der Waals surface area (Å²) in [5.41, 5.74) is 0. The number of nitrogens with one attached hydrogen (secondary N) is 1. The van der Waals surface area contributed by atoms with Crippen LogP contribution in [0.3, 0.4) is 0 Å². The van der Waals surface area contributed by atoms with Gasteiger partial charge in [0.25, 0.3) is 8.32 Å². The van der Waals surface area contributed by atoms with Gasteiger partial charge in [0, 0.05) is 0 Å². The third-order valence-corrected chi connectivity index (χ3v) is 10.2. The van der Waals surface area contributed by atoms with Crippen LogP contribution in [-0.2, 0) is 4.43 Å². The highest BCUT2D eigenvalue weighted by Gasteiger charge is 2.50. The van der Waals surface area contributed by atoms with Crippen molar-refractivity contribution in [3.8, 4) is 0 Å². The van der Waals surface area contributed by atoms with Crippen molar-refractivity contribution in [2.24, 2.45) is 0 Å². The van der Waals surface area contributed by atoms with Gasteiger partial charge in [-0.05, 0) is 28.4 Å². The Bertz CT molecular complexity index is 630. The van der Waals surface area contributed by atoms with E-state index in [1.54, 1.807) is 0 Å². The van der Waals surface area contributed by atoms with Crippen molar-refractivity contribution in [3.05, 3.63) is 60.7 Å². The number of rotatable bonds is 5. The molecule has 0 bridgehead atoms. The predicted molar refractivity (Wildman–Crippen MR) is 106 cm³/mol. The van der Waals surface area contributed by atoms with Gasteiger partial charge in [-0.15, -0.1) is 0 Å². The van der Waals surface area contributed by atoms with E-state index in [1.165, 1.54) is 10.4 Å². The van der Waals surface area contributed by atoms with Gasteiger partial charge in [0.1, 0.15) is 0 Å². The van der Waals surface area contributed by atoms with Crippen LogP contribution in [0, 0.1) is 0 Å². The summed E-state index contributed by atoms with van der Waals surface area (Å²) in [4.78, 5) is 0. The van der Waals surface area contributed by atoms with Gasteiger partial charge in [-0.1, -0.05) is 81.4 Å². The Labute approximate surface area is 152 Å². The van der Waals surface area contributed by atoms with Crippen LogP contribution in [0.2, 0.25) is 5.04 Å². The summed E-state index contributed by atoms with van der Waals surface area (Å²) in [6.45, 7) is 8.22. The molecule has 1 fully saturated rings. The standard InChI is InChI=1S/C21H29NO2Si/c1-21(2,3)25(17-10-6-4-7-11-17,18-12-8-5-9-13-18)24-16-19-20(23)14-15-22-19/h4-13,19-20,22-23H,14-16H2,1-3H3/t19-,20+/m1/s1. The second-order valence-electron chi connectivity index (χ2n) is 7.89. The fraction of sp³-hybridized carbons (Fsp3) is 0.429. The van der Waals surface area contributed by atoms with E-state index in [1.807, 2.05) is 0 Å². The van der Waals surface area contributed by atoms with Crippen LogP contribution < -0.4 is 15.7 Å². The van der Waals surface area contributed by atoms with Crippen LogP contribution in [-0.4, -0.2) is 38.7 Å². The lowest BCUT2D eigenvalue weighted by molar-refractivity contribution is 0.125. The van der Waals surface area contributed by atoms with E-state index >= 15 is 0 Å². The zero-order chi connectivity index (χ0) is 17.9. The van der Waals surface area contributed by atoms with E-state index in [9.17, 15) is 5.11 Å². The second-order valence-corrected chi connectivity index (χ2v) is 12.2. The zero-order valence-electron chi connectivity index (χ0n) is 15.4. The smallest absolute Gasteiger partial charge is 0.261 e. The summed E-state index contributed by atoms with van der Waals surface area (Å²) in [5.74, 6) is 0.